The van der Waals surface area contributed by atoms with Gasteiger partial charge in [-0.1, -0.05) is 36.7 Å². The first-order valence-electron chi connectivity index (χ1n) is 7.59. The summed E-state index contributed by atoms with van der Waals surface area (Å²) < 4.78 is 5.70. The highest BCUT2D eigenvalue weighted by Crippen LogP contribution is 2.26. The second-order valence-corrected chi connectivity index (χ2v) is 6.54. The molecule has 0 aliphatic carbocycles. The normalized spacial score (nSPS) is 10.8. The van der Waals surface area contributed by atoms with Gasteiger partial charge in [0.1, 0.15) is 0 Å². The minimum absolute atomic E-state index is 0.0238. The molecule has 124 valence electrons. The Labute approximate surface area is 148 Å². The molecule has 24 heavy (non-hydrogen) atoms. The molecule has 5 nitrogen and oxygen atoms in total. The molecule has 0 saturated heterocycles. The topological polar surface area (TPSA) is 59.2 Å². The SMILES string of the molecule is CCCN(Cc1nnc(-c2ccccc2Cl)o1)C(=O)c1cccs1. The lowest BCUT2D eigenvalue weighted by atomic mass is 10.2. The van der Waals surface area contributed by atoms with E-state index in [0.29, 0.717) is 33.8 Å². The molecule has 0 aliphatic heterocycles. The van der Waals surface area contributed by atoms with Gasteiger partial charge in [0.2, 0.25) is 11.8 Å². The Morgan fingerprint density at radius 2 is 2.08 bits per heavy atom. The van der Waals surface area contributed by atoms with Crippen molar-refractivity contribution in [3.8, 4) is 11.5 Å². The smallest absolute Gasteiger partial charge is 0.264 e. The molecular formula is C17H16ClN3O2S. The lowest BCUT2D eigenvalue weighted by Gasteiger charge is -2.19. The monoisotopic (exact) mass is 361 g/mol. The van der Waals surface area contributed by atoms with Crippen molar-refractivity contribution in [1.29, 1.82) is 0 Å². The summed E-state index contributed by atoms with van der Waals surface area (Å²) in [6, 6.07) is 11.0. The van der Waals surface area contributed by atoms with E-state index in [1.807, 2.05) is 42.6 Å². The third-order valence-electron chi connectivity index (χ3n) is 3.41. The van der Waals surface area contributed by atoms with Crippen LogP contribution in [0.3, 0.4) is 0 Å². The van der Waals surface area contributed by atoms with Crippen molar-refractivity contribution < 1.29 is 9.21 Å². The molecule has 0 unspecified atom stereocenters. The molecule has 0 bridgehead atoms. The van der Waals surface area contributed by atoms with Gasteiger partial charge in [-0.2, -0.15) is 0 Å². The van der Waals surface area contributed by atoms with E-state index in [4.69, 9.17) is 16.0 Å². The molecule has 2 aromatic heterocycles. The Morgan fingerprint density at radius 3 is 2.79 bits per heavy atom. The maximum Gasteiger partial charge on any atom is 0.264 e. The van der Waals surface area contributed by atoms with E-state index in [9.17, 15) is 4.79 Å². The van der Waals surface area contributed by atoms with Gasteiger partial charge in [-0.3, -0.25) is 4.79 Å². The number of nitrogens with zero attached hydrogens (tertiary/aromatic N) is 3. The third kappa shape index (κ3) is 3.66. The first-order chi connectivity index (χ1) is 11.7. The molecule has 0 spiro atoms. The molecule has 7 heteroatoms. The molecule has 3 aromatic rings. The molecule has 0 aliphatic rings. The van der Waals surface area contributed by atoms with Gasteiger partial charge in [-0.25, -0.2) is 0 Å². The Kier molecular flexibility index (Phi) is 5.27. The number of halogens is 1. The zero-order chi connectivity index (χ0) is 16.9. The number of hydrogen-bond acceptors (Lipinski definition) is 5. The van der Waals surface area contributed by atoms with Crippen LogP contribution in [0.5, 0.6) is 0 Å². The molecule has 0 saturated carbocycles. The fraction of sp³-hybridized carbons (Fsp3) is 0.235. The summed E-state index contributed by atoms with van der Waals surface area (Å²) in [4.78, 5) is 15.0. The second-order valence-electron chi connectivity index (χ2n) is 5.18. The van der Waals surface area contributed by atoms with Gasteiger partial charge in [0.05, 0.1) is 22.0 Å². The van der Waals surface area contributed by atoms with Gasteiger partial charge < -0.3 is 9.32 Å². The highest BCUT2D eigenvalue weighted by molar-refractivity contribution is 7.12. The molecule has 0 N–H and O–H groups in total. The van der Waals surface area contributed by atoms with Crippen molar-refractivity contribution in [2.24, 2.45) is 0 Å². The highest BCUT2D eigenvalue weighted by Gasteiger charge is 2.20. The highest BCUT2D eigenvalue weighted by atomic mass is 35.5. The number of rotatable bonds is 6. The van der Waals surface area contributed by atoms with Gasteiger partial charge in [0.25, 0.3) is 5.91 Å². The maximum atomic E-state index is 12.6. The number of aromatic nitrogens is 2. The van der Waals surface area contributed by atoms with Crippen LogP contribution in [0.1, 0.15) is 28.9 Å². The van der Waals surface area contributed by atoms with Crippen LogP contribution in [0, 0.1) is 0 Å². The van der Waals surface area contributed by atoms with Crippen LogP contribution in [-0.4, -0.2) is 27.5 Å². The summed E-state index contributed by atoms with van der Waals surface area (Å²) in [6.45, 7) is 2.93. The number of hydrogen-bond donors (Lipinski definition) is 0. The van der Waals surface area contributed by atoms with Crippen LogP contribution in [0.25, 0.3) is 11.5 Å². The van der Waals surface area contributed by atoms with Crippen LogP contribution in [-0.2, 0) is 6.54 Å². The van der Waals surface area contributed by atoms with Gasteiger partial charge in [-0.05, 0) is 30.0 Å². The summed E-state index contributed by atoms with van der Waals surface area (Å²) in [5.41, 5.74) is 0.685. The lowest BCUT2D eigenvalue weighted by Crippen LogP contribution is -2.30. The first kappa shape index (κ1) is 16.7. The van der Waals surface area contributed by atoms with Gasteiger partial charge in [0.15, 0.2) is 0 Å². The standard InChI is InChI=1S/C17H16ClN3O2S/c1-2-9-21(17(22)14-8-5-10-24-14)11-15-19-20-16(23-15)12-6-3-4-7-13(12)18/h3-8,10H,2,9,11H2,1H3. The molecule has 0 radical (unpaired) electrons. The average Bonchev–Trinajstić information content (AvgIpc) is 3.26. The van der Waals surface area contributed by atoms with E-state index in [0.717, 1.165) is 6.42 Å². The van der Waals surface area contributed by atoms with Gasteiger partial charge >= 0.3 is 0 Å². The van der Waals surface area contributed by atoms with Gasteiger partial charge in [0, 0.05) is 6.54 Å². The molecule has 1 amide bonds. The van der Waals surface area contributed by atoms with Gasteiger partial charge in [-0.15, -0.1) is 21.5 Å². The van der Waals surface area contributed by atoms with Crippen molar-refractivity contribution in [3.05, 3.63) is 57.6 Å². The van der Waals surface area contributed by atoms with E-state index in [-0.39, 0.29) is 12.5 Å². The van der Waals surface area contributed by atoms with E-state index in [1.54, 1.807) is 11.0 Å². The molecule has 2 heterocycles. The van der Waals surface area contributed by atoms with Crippen LogP contribution >= 0.6 is 22.9 Å². The minimum Gasteiger partial charge on any atom is -0.419 e. The number of benzene rings is 1. The largest absolute Gasteiger partial charge is 0.419 e. The molecule has 1 aromatic carbocycles. The van der Waals surface area contributed by atoms with E-state index >= 15 is 0 Å². The maximum absolute atomic E-state index is 12.6. The average molecular weight is 362 g/mol. The number of carbonyl (C=O) groups is 1. The first-order valence-corrected chi connectivity index (χ1v) is 8.85. The summed E-state index contributed by atoms with van der Waals surface area (Å²) in [6.07, 6.45) is 0.850. The lowest BCUT2D eigenvalue weighted by molar-refractivity contribution is 0.0733. The van der Waals surface area contributed by atoms with E-state index in [2.05, 4.69) is 10.2 Å². The summed E-state index contributed by atoms with van der Waals surface area (Å²) in [5, 5.41) is 10.5. The van der Waals surface area contributed by atoms with E-state index < -0.39 is 0 Å². The van der Waals surface area contributed by atoms with Crippen LogP contribution in [0.4, 0.5) is 0 Å². The molecule has 0 atom stereocenters. The molecule has 3 rings (SSSR count). The molecule has 0 fully saturated rings. The van der Waals surface area contributed by atoms with Crippen LogP contribution < -0.4 is 0 Å². The summed E-state index contributed by atoms with van der Waals surface area (Å²) in [5.74, 6) is 0.725. The predicted octanol–water partition coefficient (Wildman–Crippen LogP) is 4.50. The van der Waals surface area contributed by atoms with E-state index in [1.165, 1.54) is 11.3 Å². The number of thiophene rings is 1. The van der Waals surface area contributed by atoms with Crippen molar-refractivity contribution in [2.45, 2.75) is 19.9 Å². The van der Waals surface area contributed by atoms with Crippen LogP contribution in [0.2, 0.25) is 5.02 Å². The minimum atomic E-state index is -0.0238. The second kappa shape index (κ2) is 7.59. The van der Waals surface area contributed by atoms with Crippen LogP contribution in [0.15, 0.2) is 46.2 Å². The van der Waals surface area contributed by atoms with Crippen molar-refractivity contribution >= 4 is 28.8 Å². The number of amides is 1. The summed E-state index contributed by atoms with van der Waals surface area (Å²) >= 11 is 7.58. The number of carbonyl (C=O) groups excluding carboxylic acids is 1. The Bertz CT molecular complexity index is 817. The van der Waals surface area contributed by atoms with Crippen molar-refractivity contribution in [2.75, 3.05) is 6.54 Å². The predicted molar refractivity (Wildman–Crippen MR) is 94.1 cm³/mol. The Hall–Kier alpha value is -2.18. The molecular weight excluding hydrogens is 346 g/mol. The Morgan fingerprint density at radius 1 is 1.25 bits per heavy atom. The van der Waals surface area contributed by atoms with Crippen molar-refractivity contribution in [1.82, 2.24) is 15.1 Å². The summed E-state index contributed by atoms with van der Waals surface area (Å²) in [7, 11) is 0. The fourth-order valence-electron chi connectivity index (χ4n) is 2.30. The zero-order valence-corrected chi connectivity index (χ0v) is 14.7. The quantitative estimate of drug-likeness (QED) is 0.648. The Balaban J connectivity index is 1.79. The fourth-order valence-corrected chi connectivity index (χ4v) is 3.21. The zero-order valence-electron chi connectivity index (χ0n) is 13.1. The van der Waals surface area contributed by atoms with Crippen molar-refractivity contribution in [3.63, 3.8) is 0 Å². The third-order valence-corrected chi connectivity index (χ3v) is 4.60.